The zero-order valence-electron chi connectivity index (χ0n) is 16.5. The highest BCUT2D eigenvalue weighted by Crippen LogP contribution is 2.27. The lowest BCUT2D eigenvalue weighted by Crippen LogP contribution is -2.17. The van der Waals surface area contributed by atoms with E-state index in [9.17, 15) is 17.6 Å². The lowest BCUT2D eigenvalue weighted by atomic mass is 10.1. The molecule has 1 aromatic carbocycles. The van der Waals surface area contributed by atoms with Crippen molar-refractivity contribution in [1.29, 1.82) is 0 Å². The Morgan fingerprint density at radius 3 is 2.70 bits per heavy atom. The molecule has 2 aromatic heterocycles. The topological polar surface area (TPSA) is 123 Å². The number of amides is 1. The summed E-state index contributed by atoms with van der Waals surface area (Å²) in [4.78, 5) is 17.1. The zero-order chi connectivity index (χ0) is 21.5. The molecule has 1 aliphatic heterocycles. The number of carbonyl (C=O) groups excluding carboxylic acids is 1. The maximum absolute atomic E-state index is 13.0. The Hall–Kier alpha value is -3.08. The summed E-state index contributed by atoms with van der Waals surface area (Å²) >= 11 is 0. The van der Waals surface area contributed by atoms with Crippen molar-refractivity contribution >= 4 is 21.7 Å². The molecule has 1 saturated heterocycles. The molecule has 0 spiro atoms. The van der Waals surface area contributed by atoms with Crippen LogP contribution < -0.4 is 5.32 Å². The monoisotopic (exact) mass is 432 g/mol. The van der Waals surface area contributed by atoms with Crippen LogP contribution in [0.5, 0.6) is 0 Å². The van der Waals surface area contributed by atoms with E-state index in [1.807, 2.05) is 0 Å². The number of rotatable bonds is 5. The molecular weight excluding hydrogens is 411 g/mol. The third-order valence-corrected chi connectivity index (χ3v) is 6.90. The number of hydrogen-bond donors (Lipinski definition) is 2. The molecule has 1 fully saturated rings. The second kappa shape index (κ2) is 7.63. The molecule has 0 bridgehead atoms. The van der Waals surface area contributed by atoms with E-state index in [-0.39, 0.29) is 29.3 Å². The number of nitrogens with one attached hydrogen (secondary N) is 2. The van der Waals surface area contributed by atoms with Crippen LogP contribution in [-0.4, -0.2) is 50.8 Å². The number of halogens is 1. The van der Waals surface area contributed by atoms with Crippen LogP contribution in [0.4, 0.5) is 10.3 Å². The van der Waals surface area contributed by atoms with Crippen LogP contribution in [0.1, 0.15) is 45.6 Å². The molecule has 4 rings (SSSR count). The second-order valence-electron chi connectivity index (χ2n) is 7.41. The van der Waals surface area contributed by atoms with Gasteiger partial charge in [-0.2, -0.15) is 10.1 Å². The Bertz CT molecular complexity index is 1200. The first kappa shape index (κ1) is 20.2. The second-order valence-corrected chi connectivity index (χ2v) is 9.64. The van der Waals surface area contributed by atoms with Gasteiger partial charge in [-0.05, 0) is 38.0 Å². The van der Waals surface area contributed by atoms with E-state index in [0.29, 0.717) is 35.6 Å². The van der Waals surface area contributed by atoms with E-state index in [1.54, 1.807) is 30.7 Å². The lowest BCUT2D eigenvalue weighted by Gasteiger charge is -2.11. The fourth-order valence-electron chi connectivity index (χ4n) is 3.71. The molecule has 0 unspecified atom stereocenters. The predicted octanol–water partition coefficient (Wildman–Crippen LogP) is 1.96. The Balaban J connectivity index is 1.48. The summed E-state index contributed by atoms with van der Waals surface area (Å²) < 4.78 is 38.2. The highest BCUT2D eigenvalue weighted by Gasteiger charge is 2.32. The number of aryl methyl sites for hydroxylation is 1. The van der Waals surface area contributed by atoms with Gasteiger partial charge in [-0.3, -0.25) is 19.9 Å². The fraction of sp³-hybridized carbons (Fsp3) is 0.368. The highest BCUT2D eigenvalue weighted by molar-refractivity contribution is 7.91. The molecule has 3 heterocycles. The van der Waals surface area contributed by atoms with Gasteiger partial charge in [0, 0.05) is 12.1 Å². The van der Waals surface area contributed by atoms with E-state index in [2.05, 4.69) is 25.6 Å². The molecule has 1 aliphatic rings. The van der Waals surface area contributed by atoms with Gasteiger partial charge in [0.2, 0.25) is 5.95 Å². The summed E-state index contributed by atoms with van der Waals surface area (Å²) in [5.74, 6) is 0.0782. The quantitative estimate of drug-likeness (QED) is 0.635. The van der Waals surface area contributed by atoms with Gasteiger partial charge in [-0.25, -0.2) is 12.8 Å². The minimum atomic E-state index is -3.06. The summed E-state index contributed by atoms with van der Waals surface area (Å²) in [6.07, 6.45) is 0.897. The van der Waals surface area contributed by atoms with Crippen molar-refractivity contribution in [3.63, 3.8) is 0 Å². The summed E-state index contributed by atoms with van der Waals surface area (Å²) in [7, 11) is -3.06. The van der Waals surface area contributed by atoms with Gasteiger partial charge in [-0.15, -0.1) is 5.10 Å². The number of H-pyrrole nitrogens is 1. The maximum Gasteiger partial charge on any atom is 0.261 e. The SMILES string of the molecule is Cc1nn([C@H]2CCS(=O)(=O)C2)c(C)c1C(=O)Nc1n[nH]c(Cc2ccc(F)cc2)n1. The van der Waals surface area contributed by atoms with Gasteiger partial charge in [0.15, 0.2) is 9.84 Å². The van der Waals surface area contributed by atoms with Gasteiger partial charge in [0.05, 0.1) is 28.8 Å². The van der Waals surface area contributed by atoms with Crippen LogP contribution in [0.2, 0.25) is 0 Å². The van der Waals surface area contributed by atoms with Crippen molar-refractivity contribution in [3.05, 3.63) is 58.4 Å². The van der Waals surface area contributed by atoms with Crippen molar-refractivity contribution in [2.24, 2.45) is 0 Å². The van der Waals surface area contributed by atoms with Crippen molar-refractivity contribution in [1.82, 2.24) is 25.0 Å². The van der Waals surface area contributed by atoms with E-state index in [0.717, 1.165) is 5.56 Å². The van der Waals surface area contributed by atoms with E-state index >= 15 is 0 Å². The summed E-state index contributed by atoms with van der Waals surface area (Å²) in [6, 6.07) is 5.78. The molecule has 2 N–H and O–H groups in total. The minimum Gasteiger partial charge on any atom is -0.289 e. The molecule has 1 amide bonds. The van der Waals surface area contributed by atoms with Gasteiger partial charge in [0.1, 0.15) is 11.6 Å². The van der Waals surface area contributed by atoms with Crippen molar-refractivity contribution in [2.45, 2.75) is 32.7 Å². The first-order chi connectivity index (χ1) is 14.2. The van der Waals surface area contributed by atoms with Gasteiger partial charge >= 0.3 is 0 Å². The van der Waals surface area contributed by atoms with E-state index < -0.39 is 15.7 Å². The summed E-state index contributed by atoms with van der Waals surface area (Å²) in [6.45, 7) is 3.46. The molecule has 0 saturated carbocycles. The Morgan fingerprint density at radius 2 is 2.03 bits per heavy atom. The van der Waals surface area contributed by atoms with E-state index in [4.69, 9.17) is 0 Å². The standard InChI is InChI=1S/C19H21FN6O3S/c1-11-17(12(2)26(25-11)15-7-8-30(28,29)10-15)18(27)22-19-21-16(23-24-19)9-13-3-5-14(20)6-4-13/h3-6,15H,7-10H2,1-2H3,(H2,21,22,23,24,27)/t15-/m0/s1. The number of hydrogen-bond acceptors (Lipinski definition) is 6. The molecule has 30 heavy (non-hydrogen) atoms. The number of aromatic nitrogens is 5. The smallest absolute Gasteiger partial charge is 0.261 e. The number of carbonyl (C=O) groups is 1. The van der Waals surface area contributed by atoms with Crippen LogP contribution in [0.3, 0.4) is 0 Å². The predicted molar refractivity (Wildman–Crippen MR) is 108 cm³/mol. The highest BCUT2D eigenvalue weighted by atomic mass is 32.2. The van der Waals surface area contributed by atoms with Crippen molar-refractivity contribution in [3.8, 4) is 0 Å². The van der Waals surface area contributed by atoms with Gasteiger partial charge < -0.3 is 0 Å². The van der Waals surface area contributed by atoms with Crippen LogP contribution in [0, 0.1) is 19.7 Å². The molecule has 0 aliphatic carbocycles. The number of anilines is 1. The average Bonchev–Trinajstić information content (AvgIpc) is 3.34. The molecule has 0 radical (unpaired) electrons. The molecule has 9 nitrogen and oxygen atoms in total. The molecule has 3 aromatic rings. The number of nitrogens with zero attached hydrogens (tertiary/aromatic N) is 4. The van der Waals surface area contributed by atoms with E-state index in [1.165, 1.54) is 12.1 Å². The third kappa shape index (κ3) is 4.11. The number of benzene rings is 1. The number of sulfone groups is 1. The summed E-state index contributed by atoms with van der Waals surface area (Å²) in [5.41, 5.74) is 2.35. The Labute approximate surface area is 172 Å². The van der Waals surface area contributed by atoms with Crippen LogP contribution >= 0.6 is 0 Å². The van der Waals surface area contributed by atoms with Crippen LogP contribution in [-0.2, 0) is 16.3 Å². The molecule has 1 atom stereocenters. The first-order valence-electron chi connectivity index (χ1n) is 9.45. The molecule has 158 valence electrons. The third-order valence-electron chi connectivity index (χ3n) is 5.15. The summed E-state index contributed by atoms with van der Waals surface area (Å²) in [5, 5.41) is 13.8. The normalized spacial score (nSPS) is 17.9. The number of aromatic amines is 1. The minimum absolute atomic E-state index is 0.0314. The largest absolute Gasteiger partial charge is 0.289 e. The van der Waals surface area contributed by atoms with Crippen molar-refractivity contribution in [2.75, 3.05) is 16.8 Å². The Morgan fingerprint density at radius 1 is 1.30 bits per heavy atom. The molecule has 11 heteroatoms. The first-order valence-corrected chi connectivity index (χ1v) is 11.3. The average molecular weight is 432 g/mol. The fourth-order valence-corrected chi connectivity index (χ4v) is 5.40. The Kier molecular flexibility index (Phi) is 5.14. The zero-order valence-corrected chi connectivity index (χ0v) is 17.3. The van der Waals surface area contributed by atoms with Gasteiger partial charge in [0.25, 0.3) is 5.91 Å². The van der Waals surface area contributed by atoms with Crippen molar-refractivity contribution < 1.29 is 17.6 Å². The maximum atomic E-state index is 13.0. The lowest BCUT2D eigenvalue weighted by molar-refractivity contribution is 0.102. The van der Waals surface area contributed by atoms with Crippen LogP contribution in [0.15, 0.2) is 24.3 Å². The van der Waals surface area contributed by atoms with Gasteiger partial charge in [-0.1, -0.05) is 12.1 Å². The van der Waals surface area contributed by atoms with Crippen LogP contribution in [0.25, 0.3) is 0 Å². The molecular formula is C19H21FN6O3S.